The van der Waals surface area contributed by atoms with Crippen molar-refractivity contribution in [3.63, 3.8) is 0 Å². The maximum atomic E-state index is 12.7. The summed E-state index contributed by atoms with van der Waals surface area (Å²) in [6.07, 6.45) is 9.09. The van der Waals surface area contributed by atoms with E-state index < -0.39 is 0 Å². The molecule has 0 atom stereocenters. The van der Waals surface area contributed by atoms with Crippen LogP contribution in [0.1, 0.15) is 36.2 Å². The first-order chi connectivity index (χ1) is 13.2. The van der Waals surface area contributed by atoms with Crippen LogP contribution >= 0.6 is 0 Å². The number of amides is 1. The van der Waals surface area contributed by atoms with E-state index in [-0.39, 0.29) is 11.9 Å². The van der Waals surface area contributed by atoms with Crippen molar-refractivity contribution in [2.24, 2.45) is 0 Å². The number of rotatable bonds is 5. The highest BCUT2D eigenvalue weighted by atomic mass is 16.5. The molecule has 1 aliphatic carbocycles. The number of carbonyl (C=O) groups excluding carboxylic acids is 1. The Morgan fingerprint density at radius 2 is 2.07 bits per heavy atom. The molecule has 0 unspecified atom stereocenters. The standard InChI is InChI=1S/C18H19N7O2/c1-27-17-7-6-16(22-23-17)25-15(14-11-19-8-9-20-14)10-13(24-25)18(26)21-12-4-2-3-5-12/h6-12H,2-5H2,1H3,(H,21,26). The summed E-state index contributed by atoms with van der Waals surface area (Å²) >= 11 is 0. The lowest BCUT2D eigenvalue weighted by molar-refractivity contribution is 0.0932. The van der Waals surface area contributed by atoms with Gasteiger partial charge in [-0.3, -0.25) is 14.8 Å². The van der Waals surface area contributed by atoms with Crippen LogP contribution in [0.3, 0.4) is 0 Å². The molecule has 138 valence electrons. The van der Waals surface area contributed by atoms with Gasteiger partial charge in [-0.25, -0.2) is 4.68 Å². The largest absolute Gasteiger partial charge is 0.480 e. The predicted molar refractivity (Wildman–Crippen MR) is 96.5 cm³/mol. The summed E-state index contributed by atoms with van der Waals surface area (Å²) in [5.74, 6) is 0.648. The Balaban J connectivity index is 1.71. The Morgan fingerprint density at radius 3 is 2.74 bits per heavy atom. The van der Waals surface area contributed by atoms with E-state index in [0.717, 1.165) is 25.7 Å². The van der Waals surface area contributed by atoms with Crippen molar-refractivity contribution >= 4 is 5.91 Å². The van der Waals surface area contributed by atoms with Crippen molar-refractivity contribution in [2.45, 2.75) is 31.7 Å². The Labute approximate surface area is 155 Å². The van der Waals surface area contributed by atoms with E-state index in [1.54, 1.807) is 41.5 Å². The minimum absolute atomic E-state index is 0.202. The lowest BCUT2D eigenvalue weighted by Crippen LogP contribution is -2.32. The zero-order chi connectivity index (χ0) is 18.6. The highest BCUT2D eigenvalue weighted by molar-refractivity contribution is 5.93. The number of methoxy groups -OCH3 is 1. The lowest BCUT2D eigenvalue weighted by Gasteiger charge is -2.09. The molecule has 3 aromatic heterocycles. The van der Waals surface area contributed by atoms with Gasteiger partial charge in [0.25, 0.3) is 5.91 Å². The Bertz CT molecular complexity index is 919. The fourth-order valence-corrected chi connectivity index (χ4v) is 3.14. The number of aromatic nitrogens is 6. The first-order valence-corrected chi connectivity index (χ1v) is 8.80. The minimum Gasteiger partial charge on any atom is -0.480 e. The predicted octanol–water partition coefficient (Wildman–Crippen LogP) is 1.80. The van der Waals surface area contributed by atoms with Crippen molar-refractivity contribution in [1.82, 2.24) is 35.3 Å². The second-order valence-corrected chi connectivity index (χ2v) is 6.31. The van der Waals surface area contributed by atoms with Gasteiger partial charge in [0.1, 0.15) is 5.69 Å². The second kappa shape index (κ2) is 7.48. The van der Waals surface area contributed by atoms with Crippen LogP contribution in [0.5, 0.6) is 5.88 Å². The average Bonchev–Trinajstić information content (AvgIpc) is 3.39. The van der Waals surface area contributed by atoms with Gasteiger partial charge in [0.2, 0.25) is 5.88 Å². The molecule has 27 heavy (non-hydrogen) atoms. The highest BCUT2D eigenvalue weighted by Gasteiger charge is 2.22. The topological polar surface area (TPSA) is 108 Å². The third kappa shape index (κ3) is 3.62. The van der Waals surface area contributed by atoms with Gasteiger partial charge in [-0.15, -0.1) is 10.2 Å². The van der Waals surface area contributed by atoms with E-state index in [1.165, 1.54) is 7.11 Å². The summed E-state index contributed by atoms with van der Waals surface area (Å²) in [4.78, 5) is 21.1. The Kier molecular flexibility index (Phi) is 4.73. The summed E-state index contributed by atoms with van der Waals surface area (Å²) in [5, 5.41) is 15.6. The van der Waals surface area contributed by atoms with Gasteiger partial charge in [0.05, 0.1) is 19.0 Å². The number of hydrogen-bond donors (Lipinski definition) is 1. The van der Waals surface area contributed by atoms with Gasteiger partial charge in [-0.05, 0) is 25.0 Å². The zero-order valence-electron chi connectivity index (χ0n) is 14.9. The molecule has 1 fully saturated rings. The molecule has 1 amide bonds. The van der Waals surface area contributed by atoms with Crippen LogP contribution < -0.4 is 10.1 Å². The number of nitrogens with one attached hydrogen (secondary N) is 1. The molecule has 0 spiro atoms. The molecular weight excluding hydrogens is 346 g/mol. The van der Waals surface area contributed by atoms with E-state index in [9.17, 15) is 4.79 Å². The zero-order valence-corrected chi connectivity index (χ0v) is 14.9. The number of ether oxygens (including phenoxy) is 1. The van der Waals surface area contributed by atoms with Crippen LogP contribution in [-0.2, 0) is 0 Å². The second-order valence-electron chi connectivity index (χ2n) is 6.31. The Morgan fingerprint density at radius 1 is 1.22 bits per heavy atom. The summed E-state index contributed by atoms with van der Waals surface area (Å²) in [5.41, 5.74) is 1.50. The third-order valence-corrected chi connectivity index (χ3v) is 4.51. The molecule has 1 saturated carbocycles. The summed E-state index contributed by atoms with van der Waals surface area (Å²) in [6, 6.07) is 5.31. The van der Waals surface area contributed by atoms with E-state index >= 15 is 0 Å². The summed E-state index contributed by atoms with van der Waals surface area (Å²) in [7, 11) is 1.52. The van der Waals surface area contributed by atoms with E-state index in [4.69, 9.17) is 4.74 Å². The van der Waals surface area contributed by atoms with Crippen LogP contribution in [0.25, 0.3) is 17.2 Å². The molecular formula is C18H19N7O2. The molecule has 0 radical (unpaired) electrons. The molecule has 3 heterocycles. The maximum Gasteiger partial charge on any atom is 0.272 e. The molecule has 4 rings (SSSR count). The quantitative estimate of drug-likeness (QED) is 0.734. The van der Waals surface area contributed by atoms with Gasteiger partial charge in [-0.2, -0.15) is 5.10 Å². The van der Waals surface area contributed by atoms with Crippen LogP contribution in [-0.4, -0.2) is 49.0 Å². The van der Waals surface area contributed by atoms with Crippen molar-refractivity contribution < 1.29 is 9.53 Å². The van der Waals surface area contributed by atoms with Gasteiger partial charge < -0.3 is 10.1 Å². The fraction of sp³-hybridized carbons (Fsp3) is 0.333. The van der Waals surface area contributed by atoms with Crippen molar-refractivity contribution in [1.29, 1.82) is 0 Å². The fourth-order valence-electron chi connectivity index (χ4n) is 3.14. The SMILES string of the molecule is COc1ccc(-n2nc(C(=O)NC3CCCC3)cc2-c2cnccn2)nn1. The van der Waals surface area contributed by atoms with Crippen molar-refractivity contribution in [3.8, 4) is 23.1 Å². The van der Waals surface area contributed by atoms with Crippen LogP contribution in [0.2, 0.25) is 0 Å². The molecule has 0 aliphatic heterocycles. The van der Waals surface area contributed by atoms with Gasteiger partial charge in [0, 0.05) is 24.5 Å². The first kappa shape index (κ1) is 17.1. The number of nitrogens with zero attached hydrogens (tertiary/aromatic N) is 6. The number of hydrogen-bond acceptors (Lipinski definition) is 7. The molecule has 9 heteroatoms. The molecule has 1 N–H and O–H groups in total. The first-order valence-electron chi connectivity index (χ1n) is 8.80. The summed E-state index contributed by atoms with van der Waals surface area (Å²) < 4.78 is 6.59. The van der Waals surface area contributed by atoms with Crippen LogP contribution in [0.4, 0.5) is 0 Å². The van der Waals surface area contributed by atoms with Gasteiger partial charge in [0.15, 0.2) is 11.5 Å². The Hall–Kier alpha value is -3.36. The van der Waals surface area contributed by atoms with Crippen LogP contribution in [0.15, 0.2) is 36.8 Å². The molecule has 1 aliphatic rings. The lowest BCUT2D eigenvalue weighted by atomic mass is 10.2. The number of carbonyl (C=O) groups is 1. The average molecular weight is 365 g/mol. The van der Waals surface area contributed by atoms with E-state index in [0.29, 0.717) is 28.8 Å². The highest BCUT2D eigenvalue weighted by Crippen LogP contribution is 2.22. The summed E-state index contributed by atoms with van der Waals surface area (Å²) in [6.45, 7) is 0. The van der Waals surface area contributed by atoms with E-state index in [1.807, 2.05) is 0 Å². The smallest absolute Gasteiger partial charge is 0.272 e. The van der Waals surface area contributed by atoms with Crippen LogP contribution in [0, 0.1) is 0 Å². The van der Waals surface area contributed by atoms with Gasteiger partial charge >= 0.3 is 0 Å². The molecule has 9 nitrogen and oxygen atoms in total. The monoisotopic (exact) mass is 365 g/mol. The van der Waals surface area contributed by atoms with Gasteiger partial charge in [-0.1, -0.05) is 12.8 Å². The normalized spacial score (nSPS) is 14.3. The third-order valence-electron chi connectivity index (χ3n) is 4.51. The van der Waals surface area contributed by atoms with E-state index in [2.05, 4.69) is 30.6 Å². The minimum atomic E-state index is -0.202. The maximum absolute atomic E-state index is 12.7. The molecule has 3 aromatic rings. The molecule has 0 saturated heterocycles. The molecule has 0 bridgehead atoms. The molecule has 0 aromatic carbocycles. The van der Waals surface area contributed by atoms with Crippen molar-refractivity contribution in [2.75, 3.05) is 7.11 Å². The van der Waals surface area contributed by atoms with Crippen molar-refractivity contribution in [3.05, 3.63) is 42.5 Å².